The van der Waals surface area contributed by atoms with E-state index in [1.54, 1.807) is 18.7 Å². The van der Waals surface area contributed by atoms with Gasteiger partial charge in [-0.2, -0.15) is 0 Å². The minimum Gasteiger partial charge on any atom is -0.456 e. The number of piperidine rings is 1. The summed E-state index contributed by atoms with van der Waals surface area (Å²) in [6.45, 7) is 4.42. The SMILES string of the molecule is Cc1nc([C@H]2CCCN(C(=O)c3cc(=O)cc(C)o3)C2)cc(=O)[nH]1. The van der Waals surface area contributed by atoms with Crippen molar-refractivity contribution in [1.82, 2.24) is 14.9 Å². The van der Waals surface area contributed by atoms with E-state index in [0.717, 1.165) is 12.8 Å². The quantitative estimate of drug-likeness (QED) is 0.897. The Kier molecular flexibility index (Phi) is 4.33. The summed E-state index contributed by atoms with van der Waals surface area (Å²) in [6.07, 6.45) is 1.66. The van der Waals surface area contributed by atoms with Crippen molar-refractivity contribution in [1.29, 1.82) is 0 Å². The first-order valence-corrected chi connectivity index (χ1v) is 7.91. The van der Waals surface area contributed by atoms with Crippen LogP contribution in [0.25, 0.3) is 0 Å². The fraction of sp³-hybridized carbons (Fsp3) is 0.412. The molecule has 7 nitrogen and oxygen atoms in total. The molecule has 0 saturated carbocycles. The second-order valence-corrected chi connectivity index (χ2v) is 6.11. The number of carbonyl (C=O) groups excluding carboxylic acids is 1. The van der Waals surface area contributed by atoms with Crippen molar-refractivity contribution in [2.75, 3.05) is 13.1 Å². The molecular formula is C17H19N3O4. The molecule has 0 bridgehead atoms. The molecule has 1 aliphatic rings. The monoisotopic (exact) mass is 329 g/mol. The summed E-state index contributed by atoms with van der Waals surface area (Å²) in [7, 11) is 0. The number of aryl methyl sites for hydroxylation is 2. The van der Waals surface area contributed by atoms with Crippen LogP contribution in [0, 0.1) is 13.8 Å². The number of hydrogen-bond donors (Lipinski definition) is 1. The Bertz CT molecular complexity index is 884. The summed E-state index contributed by atoms with van der Waals surface area (Å²) < 4.78 is 5.39. The molecule has 24 heavy (non-hydrogen) atoms. The maximum atomic E-state index is 12.6. The summed E-state index contributed by atoms with van der Waals surface area (Å²) in [5.41, 5.74) is 0.257. The normalized spacial score (nSPS) is 17.8. The molecule has 0 aliphatic carbocycles. The van der Waals surface area contributed by atoms with Crippen molar-refractivity contribution in [2.45, 2.75) is 32.6 Å². The summed E-state index contributed by atoms with van der Waals surface area (Å²) in [5, 5.41) is 0. The van der Waals surface area contributed by atoms with Gasteiger partial charge in [-0.15, -0.1) is 0 Å². The highest BCUT2D eigenvalue weighted by Gasteiger charge is 2.28. The minimum atomic E-state index is -0.304. The van der Waals surface area contributed by atoms with E-state index in [0.29, 0.717) is 30.4 Å². The molecule has 0 unspecified atom stereocenters. The average Bonchev–Trinajstić information content (AvgIpc) is 2.52. The Morgan fingerprint density at radius 1 is 1.29 bits per heavy atom. The van der Waals surface area contributed by atoms with Crippen molar-refractivity contribution < 1.29 is 9.21 Å². The van der Waals surface area contributed by atoms with Gasteiger partial charge in [0, 0.05) is 37.2 Å². The first-order chi connectivity index (χ1) is 11.4. The van der Waals surface area contributed by atoms with Gasteiger partial charge < -0.3 is 14.3 Å². The molecule has 3 heterocycles. The Balaban J connectivity index is 1.83. The highest BCUT2D eigenvalue weighted by atomic mass is 16.3. The molecule has 2 aromatic heterocycles. The Morgan fingerprint density at radius 3 is 2.79 bits per heavy atom. The number of carbonyl (C=O) groups is 1. The van der Waals surface area contributed by atoms with E-state index in [1.165, 1.54) is 18.2 Å². The maximum absolute atomic E-state index is 12.6. The van der Waals surface area contributed by atoms with Gasteiger partial charge >= 0.3 is 0 Å². The molecule has 7 heteroatoms. The summed E-state index contributed by atoms with van der Waals surface area (Å²) in [5.74, 6) is 0.718. The molecular weight excluding hydrogens is 310 g/mol. The highest BCUT2D eigenvalue weighted by molar-refractivity contribution is 5.91. The Labute approximate surface area is 138 Å². The van der Waals surface area contributed by atoms with Gasteiger partial charge in [-0.1, -0.05) is 0 Å². The summed E-state index contributed by atoms with van der Waals surface area (Å²) >= 11 is 0. The third kappa shape index (κ3) is 3.45. The topological polar surface area (TPSA) is 96.3 Å². The number of rotatable bonds is 2. The standard InChI is InChI=1S/C17H19N3O4/c1-10-6-13(21)7-15(24-10)17(23)20-5-3-4-12(9-20)14-8-16(22)19-11(2)18-14/h6-8,12H,3-5,9H2,1-2H3,(H,18,19,22)/t12-/m0/s1. The molecule has 126 valence electrons. The van der Waals surface area contributed by atoms with E-state index < -0.39 is 0 Å². The lowest BCUT2D eigenvalue weighted by Gasteiger charge is -2.32. The van der Waals surface area contributed by atoms with Crippen molar-refractivity contribution in [2.24, 2.45) is 0 Å². The zero-order valence-corrected chi connectivity index (χ0v) is 13.7. The van der Waals surface area contributed by atoms with Gasteiger partial charge in [0.15, 0.2) is 11.2 Å². The van der Waals surface area contributed by atoms with Crippen molar-refractivity contribution >= 4 is 5.91 Å². The van der Waals surface area contributed by atoms with Crippen LogP contribution in [0.2, 0.25) is 0 Å². The van der Waals surface area contributed by atoms with Gasteiger partial charge in [-0.05, 0) is 26.7 Å². The third-order valence-electron chi connectivity index (χ3n) is 4.11. The molecule has 1 atom stereocenters. The number of aromatic nitrogens is 2. The smallest absolute Gasteiger partial charge is 0.289 e. The molecule has 2 aromatic rings. The number of nitrogens with zero attached hydrogens (tertiary/aromatic N) is 2. The number of likely N-dealkylation sites (tertiary alicyclic amines) is 1. The van der Waals surface area contributed by atoms with Gasteiger partial charge in [0.1, 0.15) is 11.6 Å². The Hall–Kier alpha value is -2.70. The van der Waals surface area contributed by atoms with E-state index in [-0.39, 0.29) is 28.6 Å². The first-order valence-electron chi connectivity index (χ1n) is 7.91. The van der Waals surface area contributed by atoms with E-state index in [4.69, 9.17) is 4.42 Å². The fourth-order valence-corrected chi connectivity index (χ4v) is 3.08. The zero-order chi connectivity index (χ0) is 17.3. The molecule has 1 amide bonds. The summed E-state index contributed by atoms with van der Waals surface area (Å²) in [6, 6.07) is 4.05. The Morgan fingerprint density at radius 2 is 2.08 bits per heavy atom. The zero-order valence-electron chi connectivity index (χ0n) is 13.7. The van der Waals surface area contributed by atoms with Gasteiger partial charge in [0.25, 0.3) is 11.5 Å². The molecule has 1 aliphatic heterocycles. The molecule has 1 fully saturated rings. The predicted molar refractivity (Wildman–Crippen MR) is 87.2 cm³/mol. The van der Waals surface area contributed by atoms with Gasteiger partial charge in [0.05, 0.1) is 5.69 Å². The molecule has 1 saturated heterocycles. The predicted octanol–water partition coefficient (Wildman–Crippen LogP) is 1.36. The molecule has 0 aromatic carbocycles. The second-order valence-electron chi connectivity index (χ2n) is 6.11. The summed E-state index contributed by atoms with van der Waals surface area (Å²) in [4.78, 5) is 44.5. The van der Waals surface area contributed by atoms with Gasteiger partial charge in [-0.25, -0.2) is 4.98 Å². The number of nitrogens with one attached hydrogen (secondary N) is 1. The lowest BCUT2D eigenvalue weighted by Crippen LogP contribution is -2.39. The number of amides is 1. The van der Waals surface area contributed by atoms with Crippen LogP contribution < -0.4 is 11.0 Å². The van der Waals surface area contributed by atoms with Crippen molar-refractivity contribution in [3.63, 3.8) is 0 Å². The van der Waals surface area contributed by atoms with E-state index in [1.807, 2.05) is 0 Å². The molecule has 1 N–H and O–H groups in total. The molecule has 3 rings (SSSR count). The molecule has 0 radical (unpaired) electrons. The number of hydrogen-bond acceptors (Lipinski definition) is 5. The fourth-order valence-electron chi connectivity index (χ4n) is 3.08. The average molecular weight is 329 g/mol. The van der Waals surface area contributed by atoms with Crippen LogP contribution in [0.5, 0.6) is 0 Å². The lowest BCUT2D eigenvalue weighted by atomic mass is 9.94. The third-order valence-corrected chi connectivity index (χ3v) is 4.11. The van der Waals surface area contributed by atoms with E-state index in [2.05, 4.69) is 9.97 Å². The van der Waals surface area contributed by atoms with Crippen LogP contribution in [-0.2, 0) is 0 Å². The van der Waals surface area contributed by atoms with Crippen LogP contribution in [0.1, 0.15) is 46.6 Å². The molecule has 0 spiro atoms. The second kappa shape index (κ2) is 6.43. The van der Waals surface area contributed by atoms with Crippen molar-refractivity contribution in [3.8, 4) is 0 Å². The lowest BCUT2D eigenvalue weighted by molar-refractivity contribution is 0.0669. The van der Waals surface area contributed by atoms with Crippen LogP contribution in [0.3, 0.4) is 0 Å². The highest BCUT2D eigenvalue weighted by Crippen LogP contribution is 2.26. The van der Waals surface area contributed by atoms with Crippen LogP contribution in [-0.4, -0.2) is 33.9 Å². The van der Waals surface area contributed by atoms with Crippen LogP contribution >= 0.6 is 0 Å². The first kappa shape index (κ1) is 16.2. The largest absolute Gasteiger partial charge is 0.456 e. The van der Waals surface area contributed by atoms with E-state index >= 15 is 0 Å². The maximum Gasteiger partial charge on any atom is 0.289 e. The van der Waals surface area contributed by atoms with Crippen molar-refractivity contribution in [3.05, 3.63) is 61.8 Å². The minimum absolute atomic E-state index is 0.000214. The number of aromatic amines is 1. The van der Waals surface area contributed by atoms with Gasteiger partial charge in [-0.3, -0.25) is 14.4 Å². The van der Waals surface area contributed by atoms with Crippen LogP contribution in [0.15, 0.2) is 32.2 Å². The van der Waals surface area contributed by atoms with Crippen LogP contribution in [0.4, 0.5) is 0 Å². The van der Waals surface area contributed by atoms with Gasteiger partial charge in [0.2, 0.25) is 0 Å². The van der Waals surface area contributed by atoms with E-state index in [9.17, 15) is 14.4 Å². The number of H-pyrrole nitrogens is 1.